The minimum atomic E-state index is -2.24. The second kappa shape index (κ2) is 8.55. The fourth-order valence-electron chi connectivity index (χ4n) is 8.03. The topological polar surface area (TPSA) is 18.5 Å². The van der Waals surface area contributed by atoms with Crippen molar-refractivity contribution in [3.63, 3.8) is 0 Å². The predicted molar refractivity (Wildman–Crippen MR) is 168 cm³/mol. The molecule has 2 nitrogen and oxygen atoms in total. The summed E-state index contributed by atoms with van der Waals surface area (Å²) in [5.41, 5.74) is 1.01. The van der Waals surface area contributed by atoms with Crippen LogP contribution in [0.5, 0.6) is 11.5 Å². The highest BCUT2D eigenvalue weighted by atomic mass is 35.6. The van der Waals surface area contributed by atoms with Crippen LogP contribution in [0.25, 0.3) is 0 Å². The fourth-order valence-corrected chi connectivity index (χ4v) is 16.3. The van der Waals surface area contributed by atoms with Crippen LogP contribution in [-0.2, 0) is 0 Å². The van der Waals surface area contributed by atoms with Gasteiger partial charge in [0.1, 0.15) is 19.0 Å². The summed E-state index contributed by atoms with van der Waals surface area (Å²) in [6, 6.07) is 3.35. The lowest BCUT2D eigenvalue weighted by Gasteiger charge is -2.60. The molecule has 0 saturated heterocycles. The molecule has 218 valence electrons. The fraction of sp³-hybridized carbons (Fsp3) is 0.727. The minimum Gasteiger partial charge on any atom is -0.493 e. The van der Waals surface area contributed by atoms with Crippen LogP contribution in [0, 0.1) is 17.8 Å². The van der Waals surface area contributed by atoms with E-state index in [9.17, 15) is 0 Å². The molecule has 17 heteroatoms. The van der Waals surface area contributed by atoms with Crippen molar-refractivity contribution in [2.75, 3.05) is 14.2 Å². The molecule has 0 amide bonds. The molecule has 0 N–H and O–H groups in total. The maximum absolute atomic E-state index is 7.41. The molecule has 0 aromatic heterocycles. The summed E-state index contributed by atoms with van der Waals surface area (Å²) >= 11 is 106. The van der Waals surface area contributed by atoms with Gasteiger partial charge in [0.05, 0.1) is 14.2 Å². The Kier molecular flexibility index (Phi) is 7.04. The summed E-state index contributed by atoms with van der Waals surface area (Å²) in [6.45, 7) is 0. The SMILES string of the molecule is COc1cc2c(cc1OC)[C@H]1[C@@H]([C@@H]3[C@@H]2[C@]2(Cl)C(Cl)(Cl)[C@@H]3C(Cl)(Cl)C2(Cl)Cl)[C@@]2(Cl)C(Cl)(Cl)C(Cl)(Cl)[C@@]1(Cl)C2(Cl)Cl. The highest BCUT2D eigenvalue weighted by molar-refractivity contribution is 6.75. The number of fused-ring (bicyclic) bond motifs is 14. The Morgan fingerprint density at radius 3 is 1.41 bits per heavy atom. The number of hydrogen-bond donors (Lipinski definition) is 0. The Bertz CT molecular complexity index is 1310. The van der Waals surface area contributed by atoms with Gasteiger partial charge in [-0.3, -0.25) is 0 Å². The maximum Gasteiger partial charge on any atom is 0.175 e. The Hall–Kier alpha value is 3.17. The van der Waals surface area contributed by atoms with E-state index < -0.39 is 70.2 Å². The molecule has 1 aromatic rings. The average Bonchev–Trinajstić information content (AvgIpc) is 3.17. The van der Waals surface area contributed by atoms with Crippen molar-refractivity contribution in [2.24, 2.45) is 17.8 Å². The van der Waals surface area contributed by atoms with Crippen LogP contribution in [0.2, 0.25) is 0 Å². The van der Waals surface area contributed by atoms with Gasteiger partial charge in [-0.05, 0) is 35.1 Å². The van der Waals surface area contributed by atoms with E-state index in [-0.39, 0.29) is 0 Å². The first-order valence-corrected chi connectivity index (χ1v) is 16.7. The number of halogens is 15. The number of hydrogen-bond acceptors (Lipinski definition) is 2. The van der Waals surface area contributed by atoms with E-state index in [0.29, 0.717) is 22.6 Å². The van der Waals surface area contributed by atoms with Crippen LogP contribution in [0.15, 0.2) is 12.1 Å². The van der Waals surface area contributed by atoms with Crippen molar-refractivity contribution in [3.05, 3.63) is 23.3 Å². The van der Waals surface area contributed by atoms with Gasteiger partial charge in [-0.25, -0.2) is 0 Å². The molecule has 5 aliphatic rings. The van der Waals surface area contributed by atoms with Crippen molar-refractivity contribution >= 4 is 174 Å². The summed E-state index contributed by atoms with van der Waals surface area (Å²) in [5.74, 6) is -4.15. The molecule has 0 radical (unpaired) electrons. The Morgan fingerprint density at radius 2 is 0.949 bits per heavy atom. The third-order valence-electron chi connectivity index (χ3n) is 9.48. The third kappa shape index (κ3) is 2.84. The summed E-state index contributed by atoms with van der Waals surface area (Å²) < 4.78 is -1.48. The maximum atomic E-state index is 7.41. The van der Waals surface area contributed by atoms with Gasteiger partial charge in [0, 0.05) is 17.8 Å². The zero-order valence-corrected chi connectivity index (χ0v) is 30.4. The Balaban J connectivity index is 1.79. The minimum absolute atomic E-state index is 0.328. The molecule has 0 spiro atoms. The van der Waals surface area contributed by atoms with Crippen LogP contribution < -0.4 is 9.47 Å². The quantitative estimate of drug-likeness (QED) is 0.276. The Morgan fingerprint density at radius 1 is 0.513 bits per heavy atom. The average molecular weight is 841 g/mol. The van der Waals surface area contributed by atoms with Crippen LogP contribution in [-0.4, -0.2) is 54.8 Å². The summed E-state index contributed by atoms with van der Waals surface area (Å²) in [4.78, 5) is -5.98. The smallest absolute Gasteiger partial charge is 0.175 e. The van der Waals surface area contributed by atoms with Gasteiger partial charge in [0.25, 0.3) is 0 Å². The van der Waals surface area contributed by atoms with Crippen LogP contribution in [0.4, 0.5) is 0 Å². The number of ether oxygens (including phenoxy) is 2. The number of rotatable bonds is 2. The van der Waals surface area contributed by atoms with E-state index >= 15 is 0 Å². The van der Waals surface area contributed by atoms with Gasteiger partial charge in [-0.1, -0.05) is 139 Å². The first-order chi connectivity index (χ1) is 17.5. The zero-order valence-electron chi connectivity index (χ0n) is 19.0. The van der Waals surface area contributed by atoms with Crippen molar-refractivity contribution in [1.82, 2.24) is 0 Å². The molecule has 8 atom stereocenters. The number of methoxy groups -OCH3 is 2. The highest BCUT2D eigenvalue weighted by Gasteiger charge is 3.00. The first-order valence-electron chi connectivity index (χ1n) is 11.1. The molecule has 0 aliphatic heterocycles. The van der Waals surface area contributed by atoms with Crippen LogP contribution >= 0.6 is 174 Å². The molecule has 4 fully saturated rings. The van der Waals surface area contributed by atoms with E-state index in [0.717, 1.165) is 0 Å². The molecular formula is C22H13Cl15O2. The van der Waals surface area contributed by atoms with Crippen LogP contribution in [0.1, 0.15) is 23.0 Å². The lowest BCUT2D eigenvalue weighted by molar-refractivity contribution is 0.108. The Labute approximate surface area is 299 Å². The summed E-state index contributed by atoms with van der Waals surface area (Å²) in [7, 11) is 2.92. The van der Waals surface area contributed by atoms with Gasteiger partial charge in [-0.2, -0.15) is 0 Å². The monoisotopic (exact) mass is 834 g/mol. The number of alkyl halides is 15. The van der Waals surface area contributed by atoms with Gasteiger partial charge < -0.3 is 9.47 Å². The van der Waals surface area contributed by atoms with Crippen molar-refractivity contribution in [3.8, 4) is 11.5 Å². The van der Waals surface area contributed by atoms with E-state index in [1.807, 2.05) is 0 Å². The van der Waals surface area contributed by atoms with E-state index in [2.05, 4.69) is 0 Å². The molecule has 39 heavy (non-hydrogen) atoms. The van der Waals surface area contributed by atoms with Gasteiger partial charge in [-0.15, -0.1) is 34.8 Å². The van der Waals surface area contributed by atoms with Crippen molar-refractivity contribution in [1.29, 1.82) is 0 Å². The van der Waals surface area contributed by atoms with E-state index in [4.69, 9.17) is 183 Å². The standard InChI is InChI=1S/C22H13Cl15O2/c1-38-7-3-5-6(4-8(7)39-2)11-12(16(25)19(30,31)15(11,24)21(34,35)22(16,36)37)9-10(5)14(23)17(26,27)13(9)18(28,29)20(14,32)33/h3-4,9-13H,1-2H3/t9-,10+,11-,12+,13+,14-,15-,16-/m0/s1. The molecule has 5 aliphatic carbocycles. The van der Waals surface area contributed by atoms with E-state index in [1.165, 1.54) is 14.2 Å². The summed E-state index contributed by atoms with van der Waals surface area (Å²) in [6.07, 6.45) is 0. The molecule has 4 bridgehead atoms. The lowest BCUT2D eigenvalue weighted by atomic mass is 9.54. The normalized spacial score (nSPS) is 47.4. The zero-order chi connectivity index (χ0) is 29.5. The van der Waals surface area contributed by atoms with Crippen LogP contribution in [0.3, 0.4) is 0 Å². The molecule has 1 aromatic carbocycles. The molecule has 0 heterocycles. The second-order valence-corrected chi connectivity index (χ2v) is 20.4. The van der Waals surface area contributed by atoms with E-state index in [1.54, 1.807) is 12.1 Å². The van der Waals surface area contributed by atoms with Gasteiger partial charge in [0.15, 0.2) is 33.2 Å². The first kappa shape index (κ1) is 32.1. The number of benzene rings is 1. The highest BCUT2D eigenvalue weighted by Crippen LogP contribution is 2.93. The molecule has 4 saturated carbocycles. The lowest BCUT2D eigenvalue weighted by Crippen LogP contribution is -2.67. The largest absolute Gasteiger partial charge is 0.493 e. The third-order valence-corrected chi connectivity index (χ3v) is 20.7. The van der Waals surface area contributed by atoms with Gasteiger partial charge in [0.2, 0.25) is 0 Å². The summed E-state index contributed by atoms with van der Waals surface area (Å²) in [5, 5.41) is 0. The van der Waals surface area contributed by atoms with Crippen molar-refractivity contribution in [2.45, 2.75) is 52.5 Å². The molecule has 0 unspecified atom stereocenters. The molecule has 6 rings (SSSR count). The van der Waals surface area contributed by atoms with Gasteiger partial charge >= 0.3 is 0 Å². The predicted octanol–water partition coefficient (Wildman–Crippen LogP) is 10.8. The molecular weight excluding hydrogens is 828 g/mol. The van der Waals surface area contributed by atoms with Crippen molar-refractivity contribution < 1.29 is 9.47 Å². The second-order valence-electron chi connectivity index (χ2n) is 10.6.